The number of hydrogen-bond acceptors (Lipinski definition) is 7. The SMILES string of the molecule is N#CC1CCC(OC(=N)c2cnc(NC(=O)N[C@H](CCOC(F)F)c3ccccc3)cc2N)CC1.[HH].[HH].[HH]. The lowest BCUT2D eigenvalue weighted by Gasteiger charge is -2.26. The lowest BCUT2D eigenvalue weighted by molar-refractivity contribution is -0.130. The number of halogens is 2. The number of nitrogens with two attached hydrogens (primary N) is 1. The molecule has 0 aliphatic heterocycles. The van der Waals surface area contributed by atoms with E-state index in [1.54, 1.807) is 24.3 Å². The van der Waals surface area contributed by atoms with Crippen LogP contribution in [0, 0.1) is 22.7 Å². The van der Waals surface area contributed by atoms with Gasteiger partial charge in [-0.3, -0.25) is 10.7 Å². The zero-order chi connectivity index (χ0) is 25.2. The predicted octanol–water partition coefficient (Wildman–Crippen LogP) is 5.32. The Morgan fingerprint density at radius 2 is 2.00 bits per heavy atom. The van der Waals surface area contributed by atoms with Gasteiger partial charge < -0.3 is 20.5 Å². The molecular formula is C24H34F2N6O3. The first kappa shape index (κ1) is 25.8. The number of nitriles is 1. The molecule has 1 fully saturated rings. The number of rotatable bonds is 9. The summed E-state index contributed by atoms with van der Waals surface area (Å²) >= 11 is 0. The van der Waals surface area contributed by atoms with Gasteiger partial charge in [0.15, 0.2) is 0 Å². The van der Waals surface area contributed by atoms with Gasteiger partial charge in [0.1, 0.15) is 11.9 Å². The van der Waals surface area contributed by atoms with Crippen molar-refractivity contribution in [1.82, 2.24) is 10.3 Å². The minimum atomic E-state index is -2.89. The molecule has 9 nitrogen and oxygen atoms in total. The van der Waals surface area contributed by atoms with Gasteiger partial charge in [-0.25, -0.2) is 9.78 Å². The molecular weight excluding hydrogens is 458 g/mol. The van der Waals surface area contributed by atoms with E-state index in [1.165, 1.54) is 12.3 Å². The maximum absolute atomic E-state index is 12.6. The molecule has 1 saturated carbocycles. The van der Waals surface area contributed by atoms with E-state index in [0.717, 1.165) is 18.4 Å². The van der Waals surface area contributed by atoms with Gasteiger partial charge in [0.2, 0.25) is 5.90 Å². The minimum absolute atomic E-state index is 0. The Kier molecular flexibility index (Phi) is 9.31. The molecule has 5 N–H and O–H groups in total. The standard InChI is InChI=1S/C24H28F2N6O3.3H2/c25-23(26)34-11-10-20(16-4-2-1-3-5-16)31-24(33)32-21-12-19(28)18(14-30-21)22(29)35-17-8-6-15(13-27)7-9-17;;;/h1-5,12,14-15,17,20,23,29H,6-11H2,(H4,28,30,31,32,33);3*1H/t15?,17?,20-;;;/m1.../s1. The maximum Gasteiger partial charge on any atom is 0.345 e. The zero-order valence-electron chi connectivity index (χ0n) is 19.0. The molecule has 35 heavy (non-hydrogen) atoms. The number of carbonyl (C=O) groups excluding carboxylic acids is 1. The maximum atomic E-state index is 12.6. The summed E-state index contributed by atoms with van der Waals surface area (Å²) < 4.78 is 34.7. The number of alkyl halides is 2. The van der Waals surface area contributed by atoms with E-state index in [-0.39, 0.29) is 46.7 Å². The second-order valence-corrected chi connectivity index (χ2v) is 8.19. The smallest absolute Gasteiger partial charge is 0.345 e. The lowest BCUT2D eigenvalue weighted by Crippen LogP contribution is -2.33. The van der Waals surface area contributed by atoms with E-state index < -0.39 is 18.7 Å². The summed E-state index contributed by atoms with van der Waals surface area (Å²) in [5.41, 5.74) is 7.30. The van der Waals surface area contributed by atoms with Crippen molar-refractivity contribution in [3.05, 3.63) is 53.7 Å². The van der Waals surface area contributed by atoms with Crippen molar-refractivity contribution < 1.29 is 27.3 Å². The highest BCUT2D eigenvalue weighted by atomic mass is 19.3. The number of urea groups is 1. The second-order valence-electron chi connectivity index (χ2n) is 8.19. The molecule has 3 rings (SSSR count). The van der Waals surface area contributed by atoms with Crippen molar-refractivity contribution in [2.75, 3.05) is 17.7 Å². The van der Waals surface area contributed by atoms with Gasteiger partial charge in [0.25, 0.3) is 0 Å². The Morgan fingerprint density at radius 3 is 2.63 bits per heavy atom. The highest BCUT2D eigenvalue weighted by molar-refractivity contribution is 5.98. The van der Waals surface area contributed by atoms with Crippen LogP contribution in [0.2, 0.25) is 0 Å². The topological polar surface area (TPSA) is 146 Å². The minimum Gasteiger partial charge on any atom is -0.474 e. The quantitative estimate of drug-likeness (QED) is 0.275. The molecule has 0 spiro atoms. The molecule has 0 saturated heterocycles. The first-order valence-electron chi connectivity index (χ1n) is 11.3. The van der Waals surface area contributed by atoms with Gasteiger partial charge >= 0.3 is 12.6 Å². The van der Waals surface area contributed by atoms with Crippen LogP contribution < -0.4 is 16.4 Å². The van der Waals surface area contributed by atoms with E-state index in [1.807, 2.05) is 6.07 Å². The summed E-state index contributed by atoms with van der Waals surface area (Å²) in [6.07, 6.45) is 4.19. The number of amides is 2. The summed E-state index contributed by atoms with van der Waals surface area (Å²) in [6.45, 7) is -3.13. The van der Waals surface area contributed by atoms with E-state index >= 15 is 0 Å². The highest BCUT2D eigenvalue weighted by Crippen LogP contribution is 2.27. The van der Waals surface area contributed by atoms with Crippen molar-refractivity contribution >= 4 is 23.4 Å². The number of nitrogens with zero attached hydrogens (tertiary/aromatic N) is 2. The number of benzene rings is 1. The number of carbonyl (C=O) groups is 1. The Balaban J connectivity index is 0.00000456. The molecule has 1 heterocycles. The van der Waals surface area contributed by atoms with Gasteiger partial charge in [-0.15, -0.1) is 0 Å². The molecule has 2 amide bonds. The average Bonchev–Trinajstić information content (AvgIpc) is 2.84. The molecule has 1 aliphatic rings. The zero-order valence-corrected chi connectivity index (χ0v) is 19.0. The molecule has 1 atom stereocenters. The van der Waals surface area contributed by atoms with Crippen LogP contribution >= 0.6 is 0 Å². The summed E-state index contributed by atoms with van der Waals surface area (Å²) in [5.74, 6) is 0.0712. The molecule has 0 bridgehead atoms. The number of ether oxygens (including phenoxy) is 2. The fourth-order valence-electron chi connectivity index (χ4n) is 3.86. The third kappa shape index (κ3) is 7.89. The summed E-state index contributed by atoms with van der Waals surface area (Å²) in [4.78, 5) is 16.7. The van der Waals surface area contributed by atoms with E-state index in [4.69, 9.17) is 21.1 Å². The van der Waals surface area contributed by atoms with Crippen molar-refractivity contribution in [3.63, 3.8) is 0 Å². The summed E-state index contributed by atoms with van der Waals surface area (Å²) in [5, 5.41) is 22.5. The first-order chi connectivity index (χ1) is 16.9. The van der Waals surface area contributed by atoms with Gasteiger partial charge in [0, 0.05) is 28.1 Å². The fourth-order valence-corrected chi connectivity index (χ4v) is 3.86. The number of pyridine rings is 1. The molecule has 2 aromatic rings. The number of nitrogens with one attached hydrogen (secondary N) is 3. The van der Waals surface area contributed by atoms with Crippen molar-refractivity contribution in [1.29, 1.82) is 10.7 Å². The number of anilines is 2. The lowest BCUT2D eigenvalue weighted by atomic mass is 9.88. The van der Waals surface area contributed by atoms with E-state index in [0.29, 0.717) is 18.4 Å². The van der Waals surface area contributed by atoms with E-state index in [9.17, 15) is 13.6 Å². The molecule has 0 radical (unpaired) electrons. The first-order valence-corrected chi connectivity index (χ1v) is 11.3. The Hall–Kier alpha value is -3.78. The van der Waals surface area contributed by atoms with Crippen LogP contribution in [0.25, 0.3) is 0 Å². The number of nitrogen functional groups attached to an aromatic ring is 1. The third-order valence-electron chi connectivity index (χ3n) is 5.72. The van der Waals surface area contributed by atoms with Crippen LogP contribution in [0.4, 0.5) is 25.1 Å². The molecule has 11 heteroatoms. The second kappa shape index (κ2) is 12.6. The van der Waals surface area contributed by atoms with Gasteiger partial charge in [-0.05, 0) is 37.7 Å². The van der Waals surface area contributed by atoms with Gasteiger partial charge in [0.05, 0.1) is 24.3 Å². The van der Waals surface area contributed by atoms with Crippen molar-refractivity contribution in [2.24, 2.45) is 5.92 Å². The van der Waals surface area contributed by atoms with E-state index in [2.05, 4.69) is 26.4 Å². The molecule has 1 aromatic carbocycles. The van der Waals surface area contributed by atoms with Crippen LogP contribution in [0.5, 0.6) is 0 Å². The van der Waals surface area contributed by atoms with Gasteiger partial charge in [-0.2, -0.15) is 14.0 Å². The predicted molar refractivity (Wildman–Crippen MR) is 132 cm³/mol. The largest absolute Gasteiger partial charge is 0.474 e. The Labute approximate surface area is 206 Å². The Morgan fingerprint density at radius 1 is 1.29 bits per heavy atom. The fraction of sp³-hybridized carbons (Fsp3) is 0.417. The van der Waals surface area contributed by atoms with Crippen molar-refractivity contribution in [3.8, 4) is 6.07 Å². The summed E-state index contributed by atoms with van der Waals surface area (Å²) in [7, 11) is 0. The van der Waals surface area contributed by atoms with Crippen molar-refractivity contribution in [2.45, 2.75) is 50.9 Å². The molecule has 1 aliphatic carbocycles. The van der Waals surface area contributed by atoms with Gasteiger partial charge in [-0.1, -0.05) is 30.3 Å². The van der Waals surface area contributed by atoms with Crippen LogP contribution in [0.15, 0.2) is 42.6 Å². The molecule has 0 unspecified atom stereocenters. The number of aromatic nitrogens is 1. The highest BCUT2D eigenvalue weighted by Gasteiger charge is 2.24. The number of hydrogen-bond donors (Lipinski definition) is 4. The monoisotopic (exact) mass is 492 g/mol. The van der Waals surface area contributed by atoms with Crippen LogP contribution in [-0.4, -0.2) is 36.2 Å². The summed E-state index contributed by atoms with van der Waals surface area (Å²) in [6, 6.07) is 11.4. The Bertz CT molecular complexity index is 1050. The van der Waals surface area contributed by atoms with Crippen LogP contribution in [0.3, 0.4) is 0 Å². The molecule has 192 valence electrons. The van der Waals surface area contributed by atoms with Crippen LogP contribution in [-0.2, 0) is 9.47 Å². The van der Waals surface area contributed by atoms with Crippen LogP contribution in [0.1, 0.15) is 53.6 Å². The average molecular weight is 493 g/mol. The normalized spacial score (nSPS) is 18.3. The molecule has 1 aromatic heterocycles. The third-order valence-corrected chi connectivity index (χ3v) is 5.72.